The van der Waals surface area contributed by atoms with Crippen LogP contribution in [0.5, 0.6) is 0 Å². The van der Waals surface area contributed by atoms with Gasteiger partial charge in [-0.1, -0.05) is 19.9 Å². The van der Waals surface area contributed by atoms with Crippen LogP contribution in [0.4, 0.5) is 0 Å². The van der Waals surface area contributed by atoms with Gasteiger partial charge in [0.05, 0.1) is 29.5 Å². The van der Waals surface area contributed by atoms with E-state index in [-0.39, 0.29) is 23.1 Å². The van der Waals surface area contributed by atoms with Gasteiger partial charge in [0.2, 0.25) is 5.91 Å². The van der Waals surface area contributed by atoms with Crippen molar-refractivity contribution in [2.75, 3.05) is 6.54 Å². The molecule has 0 radical (unpaired) electrons. The Balaban J connectivity index is 1.74. The Bertz CT molecular complexity index is 1000. The lowest BCUT2D eigenvalue weighted by atomic mass is 9.75. The molecule has 0 unspecified atom stereocenters. The number of hydrogen-bond acceptors (Lipinski definition) is 4. The first-order valence-corrected chi connectivity index (χ1v) is 10.6. The van der Waals surface area contributed by atoms with Crippen molar-refractivity contribution in [3.8, 4) is 12.3 Å². The number of likely N-dealkylation sites (tertiary alicyclic amines) is 1. The first kappa shape index (κ1) is 20.3. The third-order valence-electron chi connectivity index (χ3n) is 6.08. The van der Waals surface area contributed by atoms with Gasteiger partial charge in [-0.25, -0.2) is 0 Å². The average Bonchev–Trinajstić information content (AvgIpc) is 3.31. The second-order valence-corrected chi connectivity index (χ2v) is 9.12. The van der Waals surface area contributed by atoms with Gasteiger partial charge in [-0.2, -0.15) is 5.10 Å². The number of aromatic nitrogens is 3. The molecule has 1 aliphatic carbocycles. The number of nitrogens with zero attached hydrogens (tertiary/aromatic N) is 4. The lowest BCUT2D eigenvalue weighted by Gasteiger charge is -2.30. The molecule has 6 heteroatoms. The van der Waals surface area contributed by atoms with Gasteiger partial charge in [0.25, 0.3) is 0 Å². The fraction of sp³-hybridized carbons (Fsp3) is 0.500. The highest BCUT2D eigenvalue weighted by Gasteiger charge is 2.41. The summed E-state index contributed by atoms with van der Waals surface area (Å²) in [6.45, 7) is 5.51. The van der Waals surface area contributed by atoms with Crippen LogP contribution in [-0.4, -0.2) is 37.9 Å². The number of carbonyl (C=O) groups is 2. The highest BCUT2D eigenvalue weighted by molar-refractivity contribution is 6.00. The highest BCUT2D eigenvalue weighted by Crippen LogP contribution is 2.41. The van der Waals surface area contributed by atoms with Gasteiger partial charge in [0.1, 0.15) is 0 Å². The topological polar surface area (TPSA) is 68.1 Å². The third-order valence-corrected chi connectivity index (χ3v) is 6.08. The van der Waals surface area contributed by atoms with Crippen LogP contribution >= 0.6 is 0 Å². The van der Waals surface area contributed by atoms with Crippen LogP contribution < -0.4 is 0 Å². The third kappa shape index (κ3) is 3.89. The summed E-state index contributed by atoms with van der Waals surface area (Å²) in [5, 5.41) is 4.93. The number of Topliss-reactive ketones (excluding diaryl/α,β-unsaturated/α-hetero) is 1. The number of fused-ring (bicyclic) bond motifs is 1. The van der Waals surface area contributed by atoms with Crippen molar-refractivity contribution in [2.24, 2.45) is 5.41 Å². The Labute approximate surface area is 177 Å². The van der Waals surface area contributed by atoms with Crippen molar-refractivity contribution in [1.82, 2.24) is 19.7 Å². The zero-order valence-corrected chi connectivity index (χ0v) is 17.7. The van der Waals surface area contributed by atoms with Gasteiger partial charge in [0, 0.05) is 38.2 Å². The normalized spacial score (nSPS) is 20.1. The lowest BCUT2D eigenvalue weighted by Crippen LogP contribution is -2.32. The summed E-state index contributed by atoms with van der Waals surface area (Å²) in [6, 6.07) is 3.77. The number of pyridine rings is 1. The van der Waals surface area contributed by atoms with Crippen LogP contribution in [0.2, 0.25) is 0 Å². The Hall–Kier alpha value is -2.94. The van der Waals surface area contributed by atoms with Crippen molar-refractivity contribution in [3.05, 3.63) is 47.0 Å². The van der Waals surface area contributed by atoms with Crippen molar-refractivity contribution >= 4 is 11.7 Å². The Morgan fingerprint density at radius 3 is 2.93 bits per heavy atom. The van der Waals surface area contributed by atoms with E-state index in [9.17, 15) is 9.59 Å². The van der Waals surface area contributed by atoms with Crippen LogP contribution in [0.1, 0.15) is 79.3 Å². The van der Waals surface area contributed by atoms with E-state index in [1.165, 1.54) is 0 Å². The summed E-state index contributed by atoms with van der Waals surface area (Å²) in [5.41, 5.74) is 3.42. The fourth-order valence-electron chi connectivity index (χ4n) is 4.74. The standard InChI is InChI=1S/C24H28N4O2/c1-4-5-10-21(30)27-12-7-9-18(27)23-22-19(13-24(2,3)14-20(22)29)28(26-23)16-17-8-6-11-25-15-17/h1,6,8,11,15,18H,5,7,9-10,12-14,16H2,2-3H3/t18-/m0/s1. The van der Waals surface area contributed by atoms with Gasteiger partial charge in [-0.3, -0.25) is 19.3 Å². The SMILES string of the molecule is C#CCCC(=O)N1CCC[C@H]1c1nn(Cc2cccnc2)c2c1C(=O)CC(C)(C)C2. The van der Waals surface area contributed by atoms with Gasteiger partial charge in [-0.15, -0.1) is 12.3 Å². The number of carbonyl (C=O) groups excluding carboxylic acids is 2. The average molecular weight is 405 g/mol. The number of terminal acetylenes is 1. The quantitative estimate of drug-likeness (QED) is 0.715. The highest BCUT2D eigenvalue weighted by atomic mass is 16.2. The van der Waals surface area contributed by atoms with E-state index in [2.05, 4.69) is 24.8 Å². The first-order valence-electron chi connectivity index (χ1n) is 10.6. The Morgan fingerprint density at radius 2 is 2.20 bits per heavy atom. The predicted octanol–water partition coefficient (Wildman–Crippen LogP) is 3.56. The first-order chi connectivity index (χ1) is 14.4. The Kier molecular flexibility index (Phi) is 5.46. The summed E-state index contributed by atoms with van der Waals surface area (Å²) in [5.74, 6) is 2.73. The van der Waals surface area contributed by atoms with E-state index in [0.717, 1.165) is 41.8 Å². The molecule has 1 saturated heterocycles. The van der Waals surface area contributed by atoms with Crippen molar-refractivity contribution in [1.29, 1.82) is 0 Å². The van der Waals surface area contributed by atoms with Crippen LogP contribution in [0, 0.1) is 17.8 Å². The summed E-state index contributed by atoms with van der Waals surface area (Å²) >= 11 is 0. The second kappa shape index (κ2) is 8.06. The summed E-state index contributed by atoms with van der Waals surface area (Å²) in [4.78, 5) is 32.0. The zero-order chi connectivity index (χ0) is 21.3. The van der Waals surface area contributed by atoms with Crippen molar-refractivity contribution in [2.45, 2.75) is 65.0 Å². The minimum Gasteiger partial charge on any atom is -0.334 e. The van der Waals surface area contributed by atoms with Gasteiger partial charge in [-0.05, 0) is 36.3 Å². The maximum absolute atomic E-state index is 13.2. The number of rotatable bonds is 5. The minimum absolute atomic E-state index is 0.0506. The molecule has 0 saturated carbocycles. The van der Waals surface area contributed by atoms with Crippen LogP contribution in [0.3, 0.4) is 0 Å². The summed E-state index contributed by atoms with van der Waals surface area (Å²) in [6.07, 6.45) is 12.7. The molecule has 1 fully saturated rings. The van der Waals surface area contributed by atoms with E-state index in [0.29, 0.717) is 32.4 Å². The summed E-state index contributed by atoms with van der Waals surface area (Å²) in [7, 11) is 0. The number of hydrogen-bond donors (Lipinski definition) is 0. The predicted molar refractivity (Wildman–Crippen MR) is 114 cm³/mol. The monoisotopic (exact) mass is 404 g/mol. The molecule has 6 nitrogen and oxygen atoms in total. The van der Waals surface area contributed by atoms with E-state index in [1.54, 1.807) is 6.20 Å². The van der Waals surface area contributed by atoms with Gasteiger partial charge >= 0.3 is 0 Å². The van der Waals surface area contributed by atoms with Crippen LogP contribution in [-0.2, 0) is 17.8 Å². The molecule has 0 N–H and O–H groups in total. The zero-order valence-electron chi connectivity index (χ0n) is 17.7. The van der Waals surface area contributed by atoms with E-state index in [4.69, 9.17) is 11.5 Å². The molecule has 1 atom stereocenters. The minimum atomic E-state index is -0.149. The van der Waals surface area contributed by atoms with E-state index < -0.39 is 0 Å². The molecule has 1 amide bonds. The van der Waals surface area contributed by atoms with Crippen LogP contribution in [0.15, 0.2) is 24.5 Å². The van der Waals surface area contributed by atoms with Crippen molar-refractivity contribution in [3.63, 3.8) is 0 Å². The van der Waals surface area contributed by atoms with Gasteiger partial charge < -0.3 is 4.90 Å². The second-order valence-electron chi connectivity index (χ2n) is 9.12. The van der Waals surface area contributed by atoms with E-state index in [1.807, 2.05) is 27.9 Å². The van der Waals surface area contributed by atoms with Gasteiger partial charge in [0.15, 0.2) is 5.78 Å². The molecular weight excluding hydrogens is 376 g/mol. The molecule has 2 aromatic heterocycles. The molecule has 0 bridgehead atoms. The largest absolute Gasteiger partial charge is 0.334 e. The fourth-order valence-corrected chi connectivity index (χ4v) is 4.74. The smallest absolute Gasteiger partial charge is 0.224 e. The molecule has 3 heterocycles. The summed E-state index contributed by atoms with van der Waals surface area (Å²) < 4.78 is 1.96. The van der Waals surface area contributed by atoms with E-state index >= 15 is 0 Å². The molecule has 156 valence electrons. The molecular formula is C24H28N4O2. The number of amides is 1. The molecule has 1 aliphatic heterocycles. The molecule has 2 aromatic rings. The Morgan fingerprint density at radius 1 is 1.37 bits per heavy atom. The lowest BCUT2D eigenvalue weighted by molar-refractivity contribution is -0.132. The number of ketones is 1. The molecule has 0 spiro atoms. The maximum Gasteiger partial charge on any atom is 0.224 e. The van der Waals surface area contributed by atoms with Crippen LogP contribution in [0.25, 0.3) is 0 Å². The molecule has 4 rings (SSSR count). The maximum atomic E-state index is 13.2. The molecule has 0 aromatic carbocycles. The van der Waals surface area contributed by atoms with Crippen molar-refractivity contribution < 1.29 is 9.59 Å². The molecule has 30 heavy (non-hydrogen) atoms. The molecule has 2 aliphatic rings.